The molecule has 2 aromatic carbocycles. The molecular formula is C21H24O5. The van der Waals surface area contributed by atoms with E-state index in [2.05, 4.69) is 0 Å². The minimum atomic E-state index is -0.117. The maximum absolute atomic E-state index is 12.4. The molecule has 26 heavy (non-hydrogen) atoms. The van der Waals surface area contributed by atoms with Crippen molar-refractivity contribution in [3.8, 4) is 17.2 Å². The molecule has 0 radical (unpaired) electrons. The van der Waals surface area contributed by atoms with Crippen molar-refractivity contribution in [1.82, 2.24) is 0 Å². The zero-order valence-corrected chi connectivity index (χ0v) is 15.4. The van der Waals surface area contributed by atoms with Crippen LogP contribution in [0.15, 0.2) is 48.5 Å². The van der Waals surface area contributed by atoms with E-state index in [9.17, 15) is 4.79 Å². The van der Waals surface area contributed by atoms with Crippen LogP contribution in [0.4, 0.5) is 0 Å². The number of allylic oxidation sites excluding steroid dienone is 1. The molecule has 0 aliphatic carbocycles. The molecule has 0 saturated heterocycles. The van der Waals surface area contributed by atoms with Gasteiger partial charge in [0, 0.05) is 12.7 Å². The van der Waals surface area contributed by atoms with Gasteiger partial charge in [0.25, 0.3) is 0 Å². The van der Waals surface area contributed by atoms with E-state index in [0.29, 0.717) is 36.9 Å². The average Bonchev–Trinajstić information content (AvgIpc) is 2.67. The minimum Gasteiger partial charge on any atom is -0.494 e. The number of methoxy groups -OCH3 is 2. The van der Waals surface area contributed by atoms with E-state index >= 15 is 0 Å². The monoisotopic (exact) mass is 356 g/mol. The SMILES string of the molecule is CCOc1cccc(/C=C/C(=O)c2ccc(OCCOC)c(OC)c2)c1. The Balaban J connectivity index is 2.10. The van der Waals surface area contributed by atoms with E-state index in [0.717, 1.165) is 11.3 Å². The second kappa shape index (κ2) is 10.3. The third-order valence-electron chi connectivity index (χ3n) is 3.59. The van der Waals surface area contributed by atoms with Gasteiger partial charge in [-0.15, -0.1) is 0 Å². The van der Waals surface area contributed by atoms with Gasteiger partial charge in [-0.3, -0.25) is 4.79 Å². The molecule has 0 spiro atoms. The normalized spacial score (nSPS) is 10.7. The summed E-state index contributed by atoms with van der Waals surface area (Å²) in [5, 5.41) is 0. The van der Waals surface area contributed by atoms with Crippen molar-refractivity contribution >= 4 is 11.9 Å². The quantitative estimate of drug-likeness (QED) is 0.366. The molecule has 2 aromatic rings. The summed E-state index contributed by atoms with van der Waals surface area (Å²) in [4.78, 5) is 12.4. The predicted octanol–water partition coefficient (Wildman–Crippen LogP) is 4.02. The summed E-state index contributed by atoms with van der Waals surface area (Å²) in [5.41, 5.74) is 1.42. The summed E-state index contributed by atoms with van der Waals surface area (Å²) in [6, 6.07) is 12.7. The highest BCUT2D eigenvalue weighted by Gasteiger charge is 2.09. The smallest absolute Gasteiger partial charge is 0.185 e. The van der Waals surface area contributed by atoms with Crippen LogP contribution in [-0.4, -0.2) is 39.8 Å². The number of benzene rings is 2. The van der Waals surface area contributed by atoms with Crippen molar-refractivity contribution in [3.05, 3.63) is 59.7 Å². The van der Waals surface area contributed by atoms with Crippen LogP contribution in [-0.2, 0) is 4.74 Å². The number of ketones is 1. The zero-order chi connectivity index (χ0) is 18.8. The van der Waals surface area contributed by atoms with E-state index < -0.39 is 0 Å². The van der Waals surface area contributed by atoms with E-state index in [-0.39, 0.29) is 5.78 Å². The fourth-order valence-corrected chi connectivity index (χ4v) is 2.32. The molecule has 0 bridgehead atoms. The molecular weight excluding hydrogens is 332 g/mol. The second-order valence-electron chi connectivity index (χ2n) is 5.41. The summed E-state index contributed by atoms with van der Waals surface area (Å²) in [6.07, 6.45) is 3.30. The summed E-state index contributed by atoms with van der Waals surface area (Å²) in [7, 11) is 3.15. The molecule has 0 aliphatic heterocycles. The van der Waals surface area contributed by atoms with Crippen LogP contribution in [0.2, 0.25) is 0 Å². The Hall–Kier alpha value is -2.79. The highest BCUT2D eigenvalue weighted by Crippen LogP contribution is 2.28. The molecule has 5 heteroatoms. The first kappa shape index (κ1) is 19.5. The van der Waals surface area contributed by atoms with Gasteiger partial charge in [0.15, 0.2) is 17.3 Å². The van der Waals surface area contributed by atoms with E-state index in [1.54, 1.807) is 38.5 Å². The highest BCUT2D eigenvalue weighted by atomic mass is 16.5. The Labute approximate surface area is 154 Å². The summed E-state index contributed by atoms with van der Waals surface area (Å²) in [5.74, 6) is 1.75. The predicted molar refractivity (Wildman–Crippen MR) is 101 cm³/mol. The third-order valence-corrected chi connectivity index (χ3v) is 3.59. The largest absolute Gasteiger partial charge is 0.494 e. The molecule has 0 saturated carbocycles. The number of hydrogen-bond donors (Lipinski definition) is 0. The molecule has 5 nitrogen and oxygen atoms in total. The lowest BCUT2D eigenvalue weighted by Crippen LogP contribution is -2.06. The van der Waals surface area contributed by atoms with Gasteiger partial charge in [-0.1, -0.05) is 18.2 Å². The molecule has 0 aromatic heterocycles. The van der Waals surface area contributed by atoms with Crippen molar-refractivity contribution < 1.29 is 23.7 Å². The molecule has 2 rings (SSSR count). The van der Waals surface area contributed by atoms with Crippen LogP contribution >= 0.6 is 0 Å². The van der Waals surface area contributed by atoms with Gasteiger partial charge in [0.2, 0.25) is 0 Å². The van der Waals surface area contributed by atoms with E-state index in [1.165, 1.54) is 6.08 Å². The van der Waals surface area contributed by atoms with Gasteiger partial charge in [-0.25, -0.2) is 0 Å². The van der Waals surface area contributed by atoms with Gasteiger partial charge in [-0.05, 0) is 48.9 Å². The Morgan fingerprint density at radius 2 is 1.85 bits per heavy atom. The van der Waals surface area contributed by atoms with Crippen molar-refractivity contribution in [1.29, 1.82) is 0 Å². The first-order valence-corrected chi connectivity index (χ1v) is 8.43. The Kier molecular flexibility index (Phi) is 7.71. The Morgan fingerprint density at radius 3 is 2.58 bits per heavy atom. The van der Waals surface area contributed by atoms with Crippen LogP contribution in [0, 0.1) is 0 Å². The standard InChI is InChI=1S/C21H24O5/c1-4-25-18-7-5-6-16(14-18)8-10-19(22)17-9-11-20(21(15-17)24-3)26-13-12-23-2/h5-11,14-15H,4,12-13H2,1-3H3/b10-8+. The summed E-state index contributed by atoms with van der Waals surface area (Å²) < 4.78 is 21.3. The lowest BCUT2D eigenvalue weighted by Gasteiger charge is -2.11. The Bertz CT molecular complexity index is 752. The number of carbonyl (C=O) groups excluding carboxylic acids is 1. The minimum absolute atomic E-state index is 0.117. The maximum Gasteiger partial charge on any atom is 0.185 e. The van der Waals surface area contributed by atoms with Crippen LogP contribution in [0.5, 0.6) is 17.2 Å². The van der Waals surface area contributed by atoms with Gasteiger partial charge < -0.3 is 18.9 Å². The summed E-state index contributed by atoms with van der Waals surface area (Å²) >= 11 is 0. The van der Waals surface area contributed by atoms with Gasteiger partial charge in [0.1, 0.15) is 12.4 Å². The van der Waals surface area contributed by atoms with Crippen LogP contribution in [0.1, 0.15) is 22.8 Å². The maximum atomic E-state index is 12.4. The third kappa shape index (κ3) is 5.63. The molecule has 0 fully saturated rings. The first-order valence-electron chi connectivity index (χ1n) is 8.43. The lowest BCUT2D eigenvalue weighted by molar-refractivity contribution is 0.104. The summed E-state index contributed by atoms with van der Waals surface area (Å²) in [6.45, 7) is 3.43. The second-order valence-corrected chi connectivity index (χ2v) is 5.41. The topological polar surface area (TPSA) is 54.0 Å². The number of carbonyl (C=O) groups is 1. The van der Waals surface area contributed by atoms with Crippen molar-refractivity contribution in [3.63, 3.8) is 0 Å². The van der Waals surface area contributed by atoms with E-state index in [4.69, 9.17) is 18.9 Å². The molecule has 0 amide bonds. The molecule has 0 heterocycles. The molecule has 0 aliphatic rings. The highest BCUT2D eigenvalue weighted by molar-refractivity contribution is 6.07. The number of hydrogen-bond acceptors (Lipinski definition) is 5. The number of rotatable bonds is 10. The van der Waals surface area contributed by atoms with Crippen molar-refractivity contribution in [2.24, 2.45) is 0 Å². The average molecular weight is 356 g/mol. The molecule has 0 atom stereocenters. The van der Waals surface area contributed by atoms with Crippen LogP contribution in [0.3, 0.4) is 0 Å². The number of ether oxygens (including phenoxy) is 4. The van der Waals surface area contributed by atoms with Gasteiger partial charge in [-0.2, -0.15) is 0 Å². The van der Waals surface area contributed by atoms with Crippen molar-refractivity contribution in [2.45, 2.75) is 6.92 Å². The fraction of sp³-hybridized carbons (Fsp3) is 0.286. The van der Waals surface area contributed by atoms with Gasteiger partial charge in [0.05, 0.1) is 20.3 Å². The van der Waals surface area contributed by atoms with Crippen molar-refractivity contribution in [2.75, 3.05) is 34.0 Å². The Morgan fingerprint density at radius 1 is 1.00 bits per heavy atom. The lowest BCUT2D eigenvalue weighted by atomic mass is 10.1. The fourth-order valence-electron chi connectivity index (χ4n) is 2.32. The van der Waals surface area contributed by atoms with E-state index in [1.807, 2.05) is 31.2 Å². The first-order chi connectivity index (χ1) is 12.7. The molecule has 0 unspecified atom stereocenters. The van der Waals surface area contributed by atoms with Crippen LogP contribution in [0.25, 0.3) is 6.08 Å². The molecule has 138 valence electrons. The van der Waals surface area contributed by atoms with Crippen LogP contribution < -0.4 is 14.2 Å². The molecule has 0 N–H and O–H groups in total. The van der Waals surface area contributed by atoms with Gasteiger partial charge >= 0.3 is 0 Å². The zero-order valence-electron chi connectivity index (χ0n) is 15.4.